The van der Waals surface area contributed by atoms with Gasteiger partial charge in [0, 0.05) is 31.9 Å². The Hall–Kier alpha value is -2.45. The highest BCUT2D eigenvalue weighted by Gasteiger charge is 2.30. The van der Waals surface area contributed by atoms with E-state index in [1.165, 1.54) is 22.5 Å². The van der Waals surface area contributed by atoms with Crippen molar-refractivity contribution in [3.8, 4) is 0 Å². The van der Waals surface area contributed by atoms with Gasteiger partial charge < -0.3 is 10.2 Å². The maximum absolute atomic E-state index is 13.3. The molecule has 2 aromatic carbocycles. The molecule has 1 saturated heterocycles. The van der Waals surface area contributed by atoms with E-state index >= 15 is 0 Å². The summed E-state index contributed by atoms with van der Waals surface area (Å²) in [6.07, 6.45) is 0. The molecule has 6 nitrogen and oxygen atoms in total. The molecule has 0 radical (unpaired) electrons. The van der Waals surface area contributed by atoms with Crippen LogP contribution in [0.5, 0.6) is 0 Å². The molecule has 0 bridgehead atoms. The largest absolute Gasteiger partial charge is 0.376 e. The third-order valence-electron chi connectivity index (χ3n) is 4.24. The van der Waals surface area contributed by atoms with Gasteiger partial charge in [-0.25, -0.2) is 12.8 Å². The Labute approximate surface area is 152 Å². The number of hydrogen-bond acceptors (Lipinski definition) is 4. The van der Waals surface area contributed by atoms with Crippen LogP contribution in [-0.2, 0) is 14.8 Å². The highest BCUT2D eigenvalue weighted by atomic mass is 32.2. The molecule has 1 aliphatic heterocycles. The summed E-state index contributed by atoms with van der Waals surface area (Å²) in [6, 6.07) is 14.4. The van der Waals surface area contributed by atoms with Gasteiger partial charge in [0.25, 0.3) is 0 Å². The molecule has 0 saturated carbocycles. The van der Waals surface area contributed by atoms with Gasteiger partial charge in [-0.3, -0.25) is 4.79 Å². The van der Waals surface area contributed by atoms with Crippen molar-refractivity contribution < 1.29 is 17.6 Å². The normalized spacial score (nSPS) is 15.7. The molecular weight excluding hydrogens is 357 g/mol. The van der Waals surface area contributed by atoms with Crippen molar-refractivity contribution in [1.29, 1.82) is 0 Å². The number of piperazine rings is 1. The second kappa shape index (κ2) is 7.84. The number of sulfonamides is 1. The van der Waals surface area contributed by atoms with E-state index in [-0.39, 0.29) is 30.4 Å². The van der Waals surface area contributed by atoms with Gasteiger partial charge in [0.1, 0.15) is 5.82 Å². The zero-order valence-electron chi connectivity index (χ0n) is 14.1. The van der Waals surface area contributed by atoms with E-state index in [0.717, 1.165) is 11.8 Å². The number of halogens is 1. The number of carbonyl (C=O) groups excluding carboxylic acids is 1. The molecule has 2 aromatic rings. The van der Waals surface area contributed by atoms with E-state index in [2.05, 4.69) is 5.32 Å². The lowest BCUT2D eigenvalue weighted by Gasteiger charge is -2.34. The Bertz CT molecular complexity index is 866. The van der Waals surface area contributed by atoms with Gasteiger partial charge in [0.2, 0.25) is 15.9 Å². The first-order chi connectivity index (χ1) is 12.5. The average molecular weight is 377 g/mol. The Kier molecular flexibility index (Phi) is 5.53. The molecule has 26 heavy (non-hydrogen) atoms. The molecule has 138 valence electrons. The fourth-order valence-corrected chi connectivity index (χ4v) is 4.25. The predicted molar refractivity (Wildman–Crippen MR) is 96.7 cm³/mol. The summed E-state index contributed by atoms with van der Waals surface area (Å²) < 4.78 is 39.7. The van der Waals surface area contributed by atoms with Gasteiger partial charge in [-0.05, 0) is 30.3 Å². The number of carbonyl (C=O) groups is 1. The minimum atomic E-state index is -3.75. The number of benzene rings is 2. The van der Waals surface area contributed by atoms with Gasteiger partial charge >= 0.3 is 0 Å². The van der Waals surface area contributed by atoms with Crippen LogP contribution in [0.4, 0.5) is 10.1 Å². The first-order valence-corrected chi connectivity index (χ1v) is 9.73. The number of anilines is 1. The van der Waals surface area contributed by atoms with Crippen molar-refractivity contribution >= 4 is 21.6 Å². The van der Waals surface area contributed by atoms with E-state index in [0.29, 0.717) is 13.1 Å². The molecule has 1 fully saturated rings. The minimum absolute atomic E-state index is 0.0666. The summed E-state index contributed by atoms with van der Waals surface area (Å²) in [7, 11) is -3.75. The molecule has 1 amide bonds. The Morgan fingerprint density at radius 1 is 1.00 bits per heavy atom. The van der Waals surface area contributed by atoms with Crippen LogP contribution in [0.25, 0.3) is 0 Å². The first kappa shape index (κ1) is 18.3. The SMILES string of the molecule is O=C(CNc1ccccc1)N1CCN(S(=O)(=O)c2cccc(F)c2)CC1. The Morgan fingerprint density at radius 3 is 2.35 bits per heavy atom. The van der Waals surface area contributed by atoms with Crippen LogP contribution in [0.1, 0.15) is 0 Å². The molecule has 0 spiro atoms. The molecule has 1 heterocycles. The van der Waals surface area contributed by atoms with Crippen molar-refractivity contribution in [3.05, 3.63) is 60.4 Å². The van der Waals surface area contributed by atoms with Crippen LogP contribution >= 0.6 is 0 Å². The lowest BCUT2D eigenvalue weighted by molar-refractivity contribution is -0.130. The summed E-state index contributed by atoms with van der Waals surface area (Å²) in [5.41, 5.74) is 0.855. The average Bonchev–Trinajstić information content (AvgIpc) is 2.67. The molecule has 1 N–H and O–H groups in total. The lowest BCUT2D eigenvalue weighted by atomic mass is 10.3. The molecular formula is C18H20FN3O3S. The van der Waals surface area contributed by atoms with Gasteiger partial charge in [-0.15, -0.1) is 0 Å². The summed E-state index contributed by atoms with van der Waals surface area (Å²) >= 11 is 0. The number of amides is 1. The highest BCUT2D eigenvalue weighted by molar-refractivity contribution is 7.89. The number of nitrogens with one attached hydrogen (secondary N) is 1. The maximum atomic E-state index is 13.3. The Morgan fingerprint density at radius 2 is 1.69 bits per heavy atom. The molecule has 0 aromatic heterocycles. The van der Waals surface area contributed by atoms with E-state index in [9.17, 15) is 17.6 Å². The smallest absolute Gasteiger partial charge is 0.243 e. The zero-order chi connectivity index (χ0) is 18.6. The molecule has 0 aliphatic carbocycles. The summed E-state index contributed by atoms with van der Waals surface area (Å²) in [4.78, 5) is 13.9. The zero-order valence-corrected chi connectivity index (χ0v) is 15.0. The lowest BCUT2D eigenvalue weighted by Crippen LogP contribution is -2.51. The third-order valence-corrected chi connectivity index (χ3v) is 6.14. The number of nitrogens with zero attached hydrogens (tertiary/aromatic N) is 2. The van der Waals surface area contributed by atoms with E-state index in [1.54, 1.807) is 4.90 Å². The van der Waals surface area contributed by atoms with Crippen LogP contribution < -0.4 is 5.32 Å². The van der Waals surface area contributed by atoms with Crippen molar-refractivity contribution in [2.24, 2.45) is 0 Å². The standard InChI is InChI=1S/C18H20FN3O3S/c19-15-5-4-8-17(13-15)26(24,25)22-11-9-21(10-12-22)18(23)14-20-16-6-2-1-3-7-16/h1-8,13,20H,9-12,14H2. The Balaban J connectivity index is 1.56. The van der Waals surface area contributed by atoms with E-state index in [4.69, 9.17) is 0 Å². The quantitative estimate of drug-likeness (QED) is 0.862. The van der Waals surface area contributed by atoms with Crippen LogP contribution in [0.3, 0.4) is 0 Å². The fraction of sp³-hybridized carbons (Fsp3) is 0.278. The number of rotatable bonds is 5. The van der Waals surface area contributed by atoms with Gasteiger partial charge in [-0.1, -0.05) is 24.3 Å². The third kappa shape index (κ3) is 4.20. The van der Waals surface area contributed by atoms with Crippen LogP contribution in [0.15, 0.2) is 59.5 Å². The highest BCUT2D eigenvalue weighted by Crippen LogP contribution is 2.18. The van der Waals surface area contributed by atoms with Crippen molar-refractivity contribution in [2.45, 2.75) is 4.90 Å². The monoisotopic (exact) mass is 377 g/mol. The van der Waals surface area contributed by atoms with Crippen LogP contribution in [-0.4, -0.2) is 56.3 Å². The second-order valence-corrected chi connectivity index (χ2v) is 7.90. The molecule has 0 atom stereocenters. The molecule has 8 heteroatoms. The second-order valence-electron chi connectivity index (χ2n) is 5.96. The van der Waals surface area contributed by atoms with Crippen molar-refractivity contribution in [1.82, 2.24) is 9.21 Å². The van der Waals surface area contributed by atoms with Gasteiger partial charge in [0.15, 0.2) is 0 Å². The first-order valence-electron chi connectivity index (χ1n) is 8.29. The van der Waals surface area contributed by atoms with Gasteiger partial charge in [0.05, 0.1) is 11.4 Å². The maximum Gasteiger partial charge on any atom is 0.243 e. The van der Waals surface area contributed by atoms with Crippen LogP contribution in [0.2, 0.25) is 0 Å². The molecule has 1 aliphatic rings. The van der Waals surface area contributed by atoms with Crippen molar-refractivity contribution in [3.63, 3.8) is 0 Å². The summed E-state index contributed by atoms with van der Waals surface area (Å²) in [5, 5.41) is 3.05. The fourth-order valence-electron chi connectivity index (χ4n) is 2.80. The van der Waals surface area contributed by atoms with E-state index < -0.39 is 15.8 Å². The minimum Gasteiger partial charge on any atom is -0.376 e. The number of hydrogen-bond donors (Lipinski definition) is 1. The topological polar surface area (TPSA) is 69.7 Å². The van der Waals surface area contributed by atoms with Gasteiger partial charge in [-0.2, -0.15) is 4.31 Å². The summed E-state index contributed by atoms with van der Waals surface area (Å²) in [5.74, 6) is -0.677. The van der Waals surface area contributed by atoms with E-state index in [1.807, 2.05) is 30.3 Å². The number of para-hydroxylation sites is 1. The molecule has 3 rings (SSSR count). The van der Waals surface area contributed by atoms with Crippen molar-refractivity contribution in [2.75, 3.05) is 38.0 Å². The molecule has 0 unspecified atom stereocenters. The van der Waals surface area contributed by atoms with Crippen LogP contribution in [0, 0.1) is 5.82 Å². The summed E-state index contributed by atoms with van der Waals surface area (Å²) in [6.45, 7) is 1.15. The predicted octanol–water partition coefficient (Wildman–Crippen LogP) is 1.77.